The van der Waals surface area contributed by atoms with Gasteiger partial charge in [0.05, 0.1) is 12.5 Å². The van der Waals surface area contributed by atoms with Gasteiger partial charge >= 0.3 is 0 Å². The van der Waals surface area contributed by atoms with Crippen LogP contribution in [0, 0.1) is 0 Å². The van der Waals surface area contributed by atoms with Crippen LogP contribution in [-0.2, 0) is 9.53 Å². The van der Waals surface area contributed by atoms with Gasteiger partial charge in [-0.2, -0.15) is 0 Å². The van der Waals surface area contributed by atoms with E-state index in [4.69, 9.17) is 4.74 Å². The normalized spacial score (nSPS) is 12.7. The smallest absolute Gasteiger partial charge is 0.224 e. The molecule has 3 nitrogen and oxygen atoms in total. The molecule has 1 amide bonds. The van der Waals surface area contributed by atoms with E-state index in [0.29, 0.717) is 6.42 Å². The second-order valence-corrected chi connectivity index (χ2v) is 2.76. The second-order valence-electron chi connectivity index (χ2n) is 2.76. The summed E-state index contributed by atoms with van der Waals surface area (Å²) in [5, 5.41) is 0. The Balaban J connectivity index is 3.72. The maximum atomic E-state index is 11.1. The lowest BCUT2D eigenvalue weighted by atomic mass is 10.2. The van der Waals surface area contributed by atoms with Crippen LogP contribution in [0.3, 0.4) is 0 Å². The average molecular weight is 159 g/mol. The summed E-state index contributed by atoms with van der Waals surface area (Å²) in [4.78, 5) is 12.7. The van der Waals surface area contributed by atoms with E-state index in [1.807, 2.05) is 6.92 Å². The maximum Gasteiger partial charge on any atom is 0.224 e. The summed E-state index contributed by atoms with van der Waals surface area (Å²) in [6.07, 6.45) is 1.45. The fourth-order valence-corrected chi connectivity index (χ4v) is 0.772. The number of nitrogens with zero attached hydrogens (tertiary/aromatic N) is 1. The van der Waals surface area contributed by atoms with Gasteiger partial charge in [0.2, 0.25) is 5.91 Å². The highest BCUT2D eigenvalue weighted by Gasteiger charge is 2.11. The van der Waals surface area contributed by atoms with Crippen molar-refractivity contribution in [2.45, 2.75) is 25.9 Å². The van der Waals surface area contributed by atoms with Crippen LogP contribution in [0.4, 0.5) is 0 Å². The Kier molecular flexibility index (Phi) is 4.86. The summed E-state index contributed by atoms with van der Waals surface area (Å²) in [5.74, 6) is 0.124. The van der Waals surface area contributed by atoms with Crippen molar-refractivity contribution >= 4 is 5.91 Å². The molecule has 0 aromatic carbocycles. The standard InChI is InChI=1S/C8H17NO2/c1-5-7(11-4)6-8(10)9(2)3/h7H,5-6H2,1-4H3. The van der Waals surface area contributed by atoms with Gasteiger partial charge in [-0.25, -0.2) is 0 Å². The number of rotatable bonds is 4. The fraction of sp³-hybridized carbons (Fsp3) is 0.875. The van der Waals surface area contributed by atoms with Crippen LogP contribution in [0.15, 0.2) is 0 Å². The summed E-state index contributed by atoms with van der Waals surface area (Å²) >= 11 is 0. The molecule has 0 saturated heterocycles. The average Bonchev–Trinajstić information content (AvgIpc) is 1.99. The molecule has 0 aliphatic carbocycles. The van der Waals surface area contributed by atoms with E-state index in [-0.39, 0.29) is 12.0 Å². The van der Waals surface area contributed by atoms with Crippen LogP contribution in [0.1, 0.15) is 19.8 Å². The Morgan fingerprint density at radius 1 is 1.55 bits per heavy atom. The van der Waals surface area contributed by atoms with Gasteiger partial charge in [-0.1, -0.05) is 6.92 Å². The number of amides is 1. The van der Waals surface area contributed by atoms with E-state index in [9.17, 15) is 4.79 Å². The first-order valence-electron chi connectivity index (χ1n) is 3.84. The number of hydrogen-bond acceptors (Lipinski definition) is 2. The first-order valence-corrected chi connectivity index (χ1v) is 3.84. The molecule has 0 fully saturated rings. The van der Waals surface area contributed by atoms with Gasteiger partial charge in [-0.15, -0.1) is 0 Å². The lowest BCUT2D eigenvalue weighted by molar-refractivity contribution is -0.131. The highest BCUT2D eigenvalue weighted by atomic mass is 16.5. The maximum absolute atomic E-state index is 11.1. The van der Waals surface area contributed by atoms with Crippen LogP contribution in [0.5, 0.6) is 0 Å². The van der Waals surface area contributed by atoms with Gasteiger partial charge in [-0.3, -0.25) is 4.79 Å². The first-order chi connectivity index (χ1) is 5.11. The molecule has 0 aliphatic heterocycles. The summed E-state index contributed by atoms with van der Waals surface area (Å²) in [7, 11) is 5.15. The van der Waals surface area contributed by atoms with Gasteiger partial charge in [-0.05, 0) is 6.42 Å². The third kappa shape index (κ3) is 3.98. The summed E-state index contributed by atoms with van der Waals surface area (Å²) in [6, 6.07) is 0. The van der Waals surface area contributed by atoms with Crippen LogP contribution in [-0.4, -0.2) is 38.1 Å². The predicted octanol–water partition coefficient (Wildman–Crippen LogP) is 0.890. The Morgan fingerprint density at radius 3 is 2.36 bits per heavy atom. The van der Waals surface area contributed by atoms with Crippen molar-refractivity contribution in [1.82, 2.24) is 4.90 Å². The molecule has 1 atom stereocenters. The van der Waals surface area contributed by atoms with Crippen molar-refractivity contribution in [1.29, 1.82) is 0 Å². The molecule has 0 aliphatic rings. The van der Waals surface area contributed by atoms with E-state index >= 15 is 0 Å². The Morgan fingerprint density at radius 2 is 2.09 bits per heavy atom. The van der Waals surface area contributed by atoms with Crippen molar-refractivity contribution in [2.24, 2.45) is 0 Å². The molecule has 0 bridgehead atoms. The highest BCUT2D eigenvalue weighted by Crippen LogP contribution is 2.03. The van der Waals surface area contributed by atoms with E-state index < -0.39 is 0 Å². The van der Waals surface area contributed by atoms with Gasteiger partial charge in [0.25, 0.3) is 0 Å². The lowest BCUT2D eigenvalue weighted by Gasteiger charge is -2.15. The number of carbonyl (C=O) groups is 1. The molecule has 0 spiro atoms. The van der Waals surface area contributed by atoms with Crippen molar-refractivity contribution in [3.8, 4) is 0 Å². The van der Waals surface area contributed by atoms with Crippen LogP contribution < -0.4 is 0 Å². The van der Waals surface area contributed by atoms with Gasteiger partial charge in [0.15, 0.2) is 0 Å². The first kappa shape index (κ1) is 10.4. The molecule has 66 valence electrons. The van der Waals surface area contributed by atoms with Crippen LogP contribution in [0.25, 0.3) is 0 Å². The topological polar surface area (TPSA) is 29.5 Å². The minimum Gasteiger partial charge on any atom is -0.381 e. The SMILES string of the molecule is CCC(CC(=O)N(C)C)OC. The zero-order valence-corrected chi connectivity index (χ0v) is 7.76. The number of carbonyl (C=O) groups excluding carboxylic acids is 1. The third-order valence-electron chi connectivity index (χ3n) is 1.69. The molecule has 0 aromatic rings. The summed E-state index contributed by atoms with van der Waals surface area (Å²) in [6.45, 7) is 2.01. The van der Waals surface area contributed by atoms with Crippen molar-refractivity contribution in [3.63, 3.8) is 0 Å². The van der Waals surface area contributed by atoms with Gasteiger partial charge < -0.3 is 9.64 Å². The Bertz CT molecular complexity index is 119. The minimum atomic E-state index is 0.0740. The molecule has 0 N–H and O–H groups in total. The second kappa shape index (κ2) is 5.13. The van der Waals surface area contributed by atoms with Crippen molar-refractivity contribution < 1.29 is 9.53 Å². The molecule has 0 saturated carbocycles. The van der Waals surface area contributed by atoms with E-state index in [1.54, 1.807) is 26.1 Å². The largest absolute Gasteiger partial charge is 0.381 e. The van der Waals surface area contributed by atoms with E-state index in [0.717, 1.165) is 6.42 Å². The number of methoxy groups -OCH3 is 1. The molecule has 0 radical (unpaired) electrons. The van der Waals surface area contributed by atoms with E-state index in [1.165, 1.54) is 0 Å². The molecule has 3 heteroatoms. The molecular formula is C8H17NO2. The zero-order chi connectivity index (χ0) is 8.85. The van der Waals surface area contributed by atoms with Crippen molar-refractivity contribution in [3.05, 3.63) is 0 Å². The van der Waals surface area contributed by atoms with Crippen molar-refractivity contribution in [2.75, 3.05) is 21.2 Å². The molecule has 0 rings (SSSR count). The summed E-state index contributed by atoms with van der Waals surface area (Å²) < 4.78 is 5.07. The number of hydrogen-bond donors (Lipinski definition) is 0. The molecule has 0 aromatic heterocycles. The molecule has 1 unspecified atom stereocenters. The van der Waals surface area contributed by atoms with E-state index in [2.05, 4.69) is 0 Å². The molecular weight excluding hydrogens is 142 g/mol. The number of ether oxygens (including phenoxy) is 1. The summed E-state index contributed by atoms with van der Waals surface area (Å²) in [5.41, 5.74) is 0. The predicted molar refractivity (Wildman–Crippen MR) is 44.4 cm³/mol. The molecule has 0 heterocycles. The Labute approximate surface area is 68.3 Å². The molecule has 11 heavy (non-hydrogen) atoms. The zero-order valence-electron chi connectivity index (χ0n) is 7.76. The lowest BCUT2D eigenvalue weighted by Crippen LogP contribution is -2.26. The fourth-order valence-electron chi connectivity index (χ4n) is 0.772. The highest BCUT2D eigenvalue weighted by molar-refractivity contribution is 5.76. The van der Waals surface area contributed by atoms with Gasteiger partial charge in [0.1, 0.15) is 0 Å². The monoisotopic (exact) mass is 159 g/mol. The quantitative estimate of drug-likeness (QED) is 0.609. The third-order valence-corrected chi connectivity index (χ3v) is 1.69. The minimum absolute atomic E-state index is 0.0740. The Hall–Kier alpha value is -0.570. The van der Waals surface area contributed by atoms with Crippen LogP contribution in [0.2, 0.25) is 0 Å². The van der Waals surface area contributed by atoms with Crippen LogP contribution >= 0.6 is 0 Å². The van der Waals surface area contributed by atoms with Gasteiger partial charge in [0, 0.05) is 21.2 Å².